The highest BCUT2D eigenvalue weighted by Crippen LogP contribution is 2.45. The molecule has 0 heterocycles. The molecule has 222 valence electrons. The third-order valence-electron chi connectivity index (χ3n) is 11.3. The molecule has 1 unspecified atom stereocenters. The van der Waals surface area contributed by atoms with Gasteiger partial charge in [0.05, 0.1) is 0 Å². The smallest absolute Gasteiger partial charge is 0.00234 e. The average Bonchev–Trinajstić information content (AvgIpc) is 2.95. The number of hydrogen-bond donors (Lipinski definition) is 0. The Balaban J connectivity index is 1.27. The Labute approximate surface area is 253 Å². The highest BCUT2D eigenvalue weighted by molar-refractivity contribution is 5.44. The second-order valence-electron chi connectivity index (χ2n) is 15.3. The van der Waals surface area contributed by atoms with E-state index in [9.17, 15) is 0 Å². The Bertz CT molecular complexity index is 1230. The first-order valence-electron chi connectivity index (χ1n) is 17.2. The van der Waals surface area contributed by atoms with E-state index >= 15 is 0 Å². The van der Waals surface area contributed by atoms with Crippen molar-refractivity contribution in [3.8, 4) is 0 Å². The molecule has 0 spiro atoms. The summed E-state index contributed by atoms with van der Waals surface area (Å²) >= 11 is 0. The van der Waals surface area contributed by atoms with Crippen LogP contribution >= 0.6 is 0 Å². The van der Waals surface area contributed by atoms with Gasteiger partial charge in [-0.1, -0.05) is 102 Å². The maximum absolute atomic E-state index is 2.64. The fourth-order valence-corrected chi connectivity index (χ4v) is 8.63. The molecule has 2 aromatic rings. The van der Waals surface area contributed by atoms with Gasteiger partial charge in [-0.3, -0.25) is 0 Å². The SMILES string of the molecule is CCc1cc(C2CCC(C3CCC(C)CC3)CC2)c(C)cc1CC1C=C(Cc2ccccc2C(C)(C)C)C(C)=CC1. The molecule has 0 nitrogen and oxygen atoms in total. The molecular weight excluding hydrogens is 492 g/mol. The van der Waals surface area contributed by atoms with Crippen molar-refractivity contribution < 1.29 is 0 Å². The van der Waals surface area contributed by atoms with Gasteiger partial charge >= 0.3 is 0 Å². The average molecular weight is 551 g/mol. The molecule has 2 saturated carbocycles. The number of aryl methyl sites for hydroxylation is 2. The van der Waals surface area contributed by atoms with Crippen molar-refractivity contribution >= 4 is 0 Å². The Morgan fingerprint density at radius 1 is 0.780 bits per heavy atom. The highest BCUT2D eigenvalue weighted by atomic mass is 14.4. The lowest BCUT2D eigenvalue weighted by atomic mass is 9.68. The van der Waals surface area contributed by atoms with Crippen LogP contribution in [-0.2, 0) is 24.7 Å². The molecule has 0 amide bonds. The van der Waals surface area contributed by atoms with Gasteiger partial charge in [0.1, 0.15) is 0 Å². The van der Waals surface area contributed by atoms with Crippen molar-refractivity contribution in [2.45, 2.75) is 137 Å². The van der Waals surface area contributed by atoms with E-state index in [4.69, 9.17) is 0 Å². The van der Waals surface area contributed by atoms with Crippen LogP contribution in [-0.4, -0.2) is 0 Å². The van der Waals surface area contributed by atoms with Crippen molar-refractivity contribution in [2.75, 3.05) is 0 Å². The van der Waals surface area contributed by atoms with E-state index in [-0.39, 0.29) is 5.41 Å². The fraction of sp³-hybridized carbons (Fsp3) is 0.610. The van der Waals surface area contributed by atoms with Gasteiger partial charge in [0.25, 0.3) is 0 Å². The second kappa shape index (κ2) is 13.1. The molecule has 5 rings (SSSR count). The van der Waals surface area contributed by atoms with Gasteiger partial charge in [-0.05, 0) is 152 Å². The minimum Gasteiger partial charge on any atom is -0.0807 e. The van der Waals surface area contributed by atoms with Crippen molar-refractivity contribution in [1.82, 2.24) is 0 Å². The molecule has 0 radical (unpaired) electrons. The maximum Gasteiger partial charge on any atom is -0.00234 e. The lowest BCUT2D eigenvalue weighted by molar-refractivity contribution is 0.165. The topological polar surface area (TPSA) is 0 Å². The first-order valence-corrected chi connectivity index (χ1v) is 17.2. The summed E-state index contributed by atoms with van der Waals surface area (Å²) in [6.45, 7) is 16.6. The zero-order chi connectivity index (χ0) is 29.1. The minimum atomic E-state index is 0.173. The lowest BCUT2D eigenvalue weighted by Crippen LogP contribution is -2.25. The van der Waals surface area contributed by atoms with Gasteiger partial charge in [-0.15, -0.1) is 0 Å². The predicted octanol–water partition coefficient (Wildman–Crippen LogP) is 11.6. The van der Waals surface area contributed by atoms with Crippen molar-refractivity contribution in [3.63, 3.8) is 0 Å². The molecule has 0 aliphatic heterocycles. The van der Waals surface area contributed by atoms with Gasteiger partial charge in [0.2, 0.25) is 0 Å². The van der Waals surface area contributed by atoms with Crippen LogP contribution in [0.4, 0.5) is 0 Å². The van der Waals surface area contributed by atoms with Crippen LogP contribution in [0.5, 0.6) is 0 Å². The lowest BCUT2D eigenvalue weighted by Gasteiger charge is -2.38. The normalized spacial score (nSPS) is 27.3. The minimum absolute atomic E-state index is 0.173. The highest BCUT2D eigenvalue weighted by Gasteiger charge is 2.31. The molecule has 2 fully saturated rings. The molecule has 0 bridgehead atoms. The summed E-state index contributed by atoms with van der Waals surface area (Å²) < 4.78 is 0. The Morgan fingerprint density at radius 2 is 1.44 bits per heavy atom. The van der Waals surface area contributed by atoms with Crippen molar-refractivity contribution in [3.05, 3.63) is 93.1 Å². The van der Waals surface area contributed by atoms with E-state index in [0.717, 1.165) is 36.5 Å². The monoisotopic (exact) mass is 550 g/mol. The third kappa shape index (κ3) is 7.29. The van der Waals surface area contributed by atoms with E-state index < -0.39 is 0 Å². The zero-order valence-corrected chi connectivity index (χ0v) is 27.5. The first-order chi connectivity index (χ1) is 19.6. The summed E-state index contributed by atoms with van der Waals surface area (Å²) in [5.74, 6) is 4.37. The molecule has 41 heavy (non-hydrogen) atoms. The summed E-state index contributed by atoms with van der Waals surface area (Å²) in [7, 11) is 0. The summed E-state index contributed by atoms with van der Waals surface area (Å²) in [5.41, 5.74) is 12.6. The number of hydrogen-bond acceptors (Lipinski definition) is 0. The van der Waals surface area contributed by atoms with Crippen LogP contribution in [0.15, 0.2) is 59.7 Å². The fourth-order valence-electron chi connectivity index (χ4n) is 8.63. The largest absolute Gasteiger partial charge is 0.0807 e. The van der Waals surface area contributed by atoms with Crippen LogP contribution in [0.1, 0.15) is 139 Å². The van der Waals surface area contributed by atoms with Crippen LogP contribution in [0.2, 0.25) is 0 Å². The zero-order valence-electron chi connectivity index (χ0n) is 27.5. The van der Waals surface area contributed by atoms with Crippen molar-refractivity contribution in [2.24, 2.45) is 23.7 Å². The third-order valence-corrected chi connectivity index (χ3v) is 11.3. The van der Waals surface area contributed by atoms with Crippen molar-refractivity contribution in [1.29, 1.82) is 0 Å². The van der Waals surface area contributed by atoms with Gasteiger partial charge in [-0.25, -0.2) is 0 Å². The Kier molecular flexibility index (Phi) is 9.67. The summed E-state index contributed by atoms with van der Waals surface area (Å²) in [6, 6.07) is 14.3. The summed E-state index contributed by atoms with van der Waals surface area (Å²) in [6.07, 6.45) is 21.4. The van der Waals surface area contributed by atoms with Crippen LogP contribution in [0.25, 0.3) is 0 Å². The standard InChI is InChI=1S/C41H58/c1-8-32-27-39(35-21-19-34(20-22-35)33-17-13-28(2)14-18-33)30(4)23-38(32)25-31-16-15-29(3)37(24-31)26-36-11-9-10-12-40(36)41(5,6)7/h9-12,15,23-24,27-28,31,33-35H,8,13-14,16-22,25-26H2,1-7H3. The molecule has 0 saturated heterocycles. The molecule has 3 aliphatic carbocycles. The van der Waals surface area contributed by atoms with Gasteiger partial charge < -0.3 is 0 Å². The second-order valence-corrected chi connectivity index (χ2v) is 15.3. The molecule has 2 aromatic carbocycles. The van der Waals surface area contributed by atoms with Crippen LogP contribution in [0, 0.1) is 30.6 Å². The molecule has 0 heteroatoms. The molecular formula is C41H58. The first kappa shape index (κ1) is 30.4. The van der Waals surface area contributed by atoms with E-state index in [1.54, 1.807) is 22.3 Å². The van der Waals surface area contributed by atoms with Gasteiger partial charge in [-0.2, -0.15) is 0 Å². The number of benzene rings is 2. The van der Waals surface area contributed by atoms with Gasteiger partial charge in [0.15, 0.2) is 0 Å². The Morgan fingerprint density at radius 3 is 2.10 bits per heavy atom. The summed E-state index contributed by atoms with van der Waals surface area (Å²) in [5, 5.41) is 0. The quantitative estimate of drug-likeness (QED) is 0.321. The van der Waals surface area contributed by atoms with E-state index in [1.807, 2.05) is 0 Å². The summed E-state index contributed by atoms with van der Waals surface area (Å²) in [4.78, 5) is 0. The maximum atomic E-state index is 2.64. The van der Waals surface area contributed by atoms with Crippen LogP contribution < -0.4 is 0 Å². The molecule has 3 aliphatic rings. The molecule has 0 N–H and O–H groups in total. The van der Waals surface area contributed by atoms with E-state index in [2.05, 4.69) is 97.0 Å². The van der Waals surface area contributed by atoms with E-state index in [1.165, 1.54) is 86.5 Å². The van der Waals surface area contributed by atoms with E-state index in [0.29, 0.717) is 5.92 Å². The molecule has 0 aromatic heterocycles. The number of allylic oxidation sites excluding steroid dienone is 4. The van der Waals surface area contributed by atoms with Gasteiger partial charge in [0, 0.05) is 0 Å². The number of rotatable bonds is 7. The Hall–Kier alpha value is -2.08. The predicted molar refractivity (Wildman–Crippen MR) is 179 cm³/mol. The van der Waals surface area contributed by atoms with Crippen LogP contribution in [0.3, 0.4) is 0 Å². The molecule has 1 atom stereocenters.